The molecule has 3 heteroatoms. The van der Waals surface area contributed by atoms with Gasteiger partial charge in [-0.05, 0) is 25.0 Å². The van der Waals surface area contributed by atoms with Crippen molar-refractivity contribution in [3.63, 3.8) is 0 Å². The molecule has 1 unspecified atom stereocenters. The van der Waals surface area contributed by atoms with E-state index < -0.39 is 0 Å². The number of pyridine rings is 1. The van der Waals surface area contributed by atoms with Crippen molar-refractivity contribution in [3.05, 3.63) is 47.8 Å². The average Bonchev–Trinajstić information content (AvgIpc) is 2.76. The smallest absolute Gasteiger partial charge is 0.108 e. The Hall–Kier alpha value is -1.64. The first-order valence-electron chi connectivity index (χ1n) is 5.76. The number of aryl methyl sites for hydroxylation is 2. The van der Waals surface area contributed by atoms with Crippen molar-refractivity contribution >= 4 is 0 Å². The van der Waals surface area contributed by atoms with Gasteiger partial charge in [0.2, 0.25) is 0 Å². The zero-order chi connectivity index (χ0) is 11.0. The van der Waals surface area contributed by atoms with E-state index in [-0.39, 0.29) is 0 Å². The van der Waals surface area contributed by atoms with Gasteiger partial charge in [0.15, 0.2) is 0 Å². The average molecular weight is 213 g/mol. The summed E-state index contributed by atoms with van der Waals surface area (Å²) in [6.45, 7) is 3.14. The second kappa shape index (κ2) is 3.74. The van der Waals surface area contributed by atoms with Crippen molar-refractivity contribution in [2.45, 2.75) is 32.2 Å². The molecule has 0 amide bonds. The summed E-state index contributed by atoms with van der Waals surface area (Å²) in [5.41, 5.74) is 2.55. The second-order valence-corrected chi connectivity index (χ2v) is 4.41. The van der Waals surface area contributed by atoms with E-state index in [0.717, 1.165) is 18.7 Å². The third-order valence-corrected chi connectivity index (χ3v) is 3.42. The summed E-state index contributed by atoms with van der Waals surface area (Å²) in [6, 6.07) is 4.24. The highest BCUT2D eigenvalue weighted by Crippen LogP contribution is 2.29. The molecule has 1 aliphatic rings. The van der Waals surface area contributed by atoms with Gasteiger partial charge < -0.3 is 4.57 Å². The Kier molecular flexibility index (Phi) is 2.24. The van der Waals surface area contributed by atoms with Gasteiger partial charge in [-0.3, -0.25) is 4.98 Å². The van der Waals surface area contributed by atoms with E-state index in [4.69, 9.17) is 0 Å². The topological polar surface area (TPSA) is 30.7 Å². The minimum atomic E-state index is 0.593. The van der Waals surface area contributed by atoms with E-state index in [1.165, 1.54) is 17.8 Å². The van der Waals surface area contributed by atoms with Crippen LogP contribution in [0.4, 0.5) is 0 Å². The van der Waals surface area contributed by atoms with Crippen LogP contribution in [-0.4, -0.2) is 14.5 Å². The molecule has 0 bridgehead atoms. The highest BCUT2D eigenvalue weighted by atomic mass is 15.1. The summed E-state index contributed by atoms with van der Waals surface area (Å²) in [5, 5.41) is 0. The zero-order valence-corrected chi connectivity index (χ0v) is 9.43. The SMILES string of the molecule is Cc1ncccc1C1CCc2nccn2C1. The molecule has 0 N–H and O–H groups in total. The minimum absolute atomic E-state index is 0.593. The van der Waals surface area contributed by atoms with E-state index in [1.807, 2.05) is 18.5 Å². The number of hydrogen-bond donors (Lipinski definition) is 0. The Bertz CT molecular complexity index is 501. The fourth-order valence-electron chi connectivity index (χ4n) is 2.55. The van der Waals surface area contributed by atoms with Crippen LogP contribution in [0.2, 0.25) is 0 Å². The van der Waals surface area contributed by atoms with E-state index in [0.29, 0.717) is 5.92 Å². The van der Waals surface area contributed by atoms with Crippen LogP contribution in [0, 0.1) is 6.92 Å². The summed E-state index contributed by atoms with van der Waals surface area (Å²) in [7, 11) is 0. The van der Waals surface area contributed by atoms with Crippen molar-refractivity contribution in [2.75, 3.05) is 0 Å². The van der Waals surface area contributed by atoms with Gasteiger partial charge in [0.05, 0.1) is 0 Å². The summed E-state index contributed by atoms with van der Waals surface area (Å²) in [4.78, 5) is 8.73. The van der Waals surface area contributed by atoms with Crippen molar-refractivity contribution < 1.29 is 0 Å². The summed E-state index contributed by atoms with van der Waals surface area (Å²) in [6.07, 6.45) is 8.10. The molecule has 1 aliphatic heterocycles. The normalized spacial score (nSPS) is 19.4. The molecule has 82 valence electrons. The largest absolute Gasteiger partial charge is 0.334 e. The van der Waals surface area contributed by atoms with E-state index in [9.17, 15) is 0 Å². The maximum absolute atomic E-state index is 4.37. The summed E-state index contributed by atoms with van der Waals surface area (Å²) >= 11 is 0. The third-order valence-electron chi connectivity index (χ3n) is 3.42. The molecular weight excluding hydrogens is 198 g/mol. The van der Waals surface area contributed by atoms with E-state index in [2.05, 4.69) is 33.7 Å². The molecule has 0 aromatic carbocycles. The molecule has 3 heterocycles. The highest BCUT2D eigenvalue weighted by molar-refractivity contribution is 5.24. The van der Waals surface area contributed by atoms with Crippen molar-refractivity contribution in [1.29, 1.82) is 0 Å². The zero-order valence-electron chi connectivity index (χ0n) is 9.43. The van der Waals surface area contributed by atoms with Crippen LogP contribution < -0.4 is 0 Å². The molecule has 1 atom stereocenters. The Balaban J connectivity index is 1.92. The molecule has 0 saturated heterocycles. The van der Waals surface area contributed by atoms with Gasteiger partial charge >= 0.3 is 0 Å². The predicted octanol–water partition coefficient (Wildman–Crippen LogP) is 2.32. The van der Waals surface area contributed by atoms with Gasteiger partial charge in [-0.25, -0.2) is 4.98 Å². The Labute approximate surface area is 95.2 Å². The number of rotatable bonds is 1. The van der Waals surface area contributed by atoms with Crippen molar-refractivity contribution in [1.82, 2.24) is 14.5 Å². The van der Waals surface area contributed by atoms with Crippen LogP contribution in [0.25, 0.3) is 0 Å². The lowest BCUT2D eigenvalue weighted by molar-refractivity contribution is 0.453. The molecule has 0 fully saturated rings. The Morgan fingerprint density at radius 2 is 2.25 bits per heavy atom. The van der Waals surface area contributed by atoms with Gasteiger partial charge in [0, 0.05) is 43.2 Å². The lowest BCUT2D eigenvalue weighted by Gasteiger charge is -2.24. The van der Waals surface area contributed by atoms with Crippen LogP contribution in [0.1, 0.15) is 29.4 Å². The highest BCUT2D eigenvalue weighted by Gasteiger charge is 2.21. The van der Waals surface area contributed by atoms with Crippen LogP contribution in [-0.2, 0) is 13.0 Å². The molecule has 16 heavy (non-hydrogen) atoms. The summed E-state index contributed by atoms with van der Waals surface area (Å²) in [5.74, 6) is 1.81. The van der Waals surface area contributed by atoms with Crippen LogP contribution in [0.15, 0.2) is 30.7 Å². The number of aromatic nitrogens is 3. The molecule has 3 nitrogen and oxygen atoms in total. The van der Waals surface area contributed by atoms with Crippen LogP contribution >= 0.6 is 0 Å². The number of hydrogen-bond acceptors (Lipinski definition) is 2. The van der Waals surface area contributed by atoms with Gasteiger partial charge in [-0.15, -0.1) is 0 Å². The third kappa shape index (κ3) is 1.52. The maximum atomic E-state index is 4.37. The van der Waals surface area contributed by atoms with Crippen LogP contribution in [0.5, 0.6) is 0 Å². The monoisotopic (exact) mass is 213 g/mol. The number of fused-ring (bicyclic) bond motifs is 1. The fraction of sp³-hybridized carbons (Fsp3) is 0.385. The minimum Gasteiger partial charge on any atom is -0.334 e. The van der Waals surface area contributed by atoms with Gasteiger partial charge in [-0.2, -0.15) is 0 Å². The predicted molar refractivity (Wildman–Crippen MR) is 62.3 cm³/mol. The molecule has 0 saturated carbocycles. The fourth-order valence-corrected chi connectivity index (χ4v) is 2.55. The molecule has 2 aromatic rings. The number of nitrogens with zero attached hydrogens (tertiary/aromatic N) is 3. The van der Waals surface area contributed by atoms with Crippen molar-refractivity contribution in [3.8, 4) is 0 Å². The molecule has 0 radical (unpaired) electrons. The molecule has 2 aromatic heterocycles. The van der Waals surface area contributed by atoms with E-state index >= 15 is 0 Å². The van der Waals surface area contributed by atoms with E-state index in [1.54, 1.807) is 0 Å². The summed E-state index contributed by atoms with van der Waals surface area (Å²) < 4.78 is 2.26. The molecule has 3 rings (SSSR count). The van der Waals surface area contributed by atoms with Gasteiger partial charge in [0.25, 0.3) is 0 Å². The first kappa shape index (κ1) is 9.58. The van der Waals surface area contributed by atoms with Crippen molar-refractivity contribution in [2.24, 2.45) is 0 Å². The quantitative estimate of drug-likeness (QED) is 0.727. The standard InChI is InChI=1S/C13H15N3/c1-10-12(3-2-6-14-10)11-4-5-13-15-7-8-16(13)9-11/h2-3,6-8,11H,4-5,9H2,1H3. The lowest BCUT2D eigenvalue weighted by atomic mass is 9.91. The number of imidazole rings is 1. The molecule has 0 spiro atoms. The lowest BCUT2D eigenvalue weighted by Crippen LogP contribution is -2.19. The van der Waals surface area contributed by atoms with Gasteiger partial charge in [-0.1, -0.05) is 6.07 Å². The Morgan fingerprint density at radius 3 is 3.12 bits per heavy atom. The second-order valence-electron chi connectivity index (χ2n) is 4.41. The molecular formula is C13H15N3. The van der Waals surface area contributed by atoms with Crippen LogP contribution in [0.3, 0.4) is 0 Å². The first-order valence-corrected chi connectivity index (χ1v) is 5.76. The Morgan fingerprint density at radius 1 is 1.31 bits per heavy atom. The maximum Gasteiger partial charge on any atom is 0.108 e. The first-order chi connectivity index (χ1) is 7.84. The molecule has 0 aliphatic carbocycles. The van der Waals surface area contributed by atoms with Gasteiger partial charge in [0.1, 0.15) is 5.82 Å².